The Kier molecular flexibility index (Phi) is 10.3. The minimum Gasteiger partial charge on any atom is -0.479 e. The molecule has 4 heterocycles. The minimum atomic E-state index is -1.22. The number of carbonyl (C=O) groups is 1. The molecule has 1 saturated heterocycles. The van der Waals surface area contributed by atoms with Crippen LogP contribution in [0.1, 0.15) is 93.2 Å². The summed E-state index contributed by atoms with van der Waals surface area (Å²) in [6, 6.07) is 6.86. The number of allylic oxidation sites excluding steroid dienone is 2. The standard InChI is InChI=1S/C37H46FN5O3S/c1-8-10-12-25-20-27(38)14-13-26(25)21-28-23-39-33(47-28)29-22-30-40-24(3)31(32(35(44)45)46-36(4,5)6)34(43(30)41-29)42-18-16-37(7,17-19-42)15-11-9-2/h8-9,13-14,20,22-23,32H,1-2,10-12,15-19,21H2,3-7H3,(H,44,45). The van der Waals surface area contributed by atoms with Gasteiger partial charge in [-0.1, -0.05) is 25.1 Å². The van der Waals surface area contributed by atoms with Crippen LogP contribution >= 0.6 is 11.3 Å². The first-order valence-electron chi connectivity index (χ1n) is 16.3. The Morgan fingerprint density at radius 1 is 1.17 bits per heavy atom. The van der Waals surface area contributed by atoms with Crippen LogP contribution in [0.3, 0.4) is 0 Å². The third-order valence-corrected chi connectivity index (χ3v) is 9.93. The van der Waals surface area contributed by atoms with Crippen molar-refractivity contribution in [3.63, 3.8) is 0 Å². The Hall–Kier alpha value is -3.89. The van der Waals surface area contributed by atoms with Crippen LogP contribution in [0.5, 0.6) is 0 Å². The maximum Gasteiger partial charge on any atom is 0.337 e. The van der Waals surface area contributed by atoms with Crippen molar-refractivity contribution >= 4 is 28.8 Å². The molecule has 0 aliphatic carbocycles. The molecule has 4 aromatic rings. The van der Waals surface area contributed by atoms with Gasteiger partial charge < -0.3 is 14.7 Å². The van der Waals surface area contributed by atoms with Crippen LogP contribution in [-0.2, 0) is 22.4 Å². The molecule has 10 heteroatoms. The van der Waals surface area contributed by atoms with Crippen LogP contribution in [0.25, 0.3) is 16.3 Å². The Morgan fingerprint density at radius 3 is 2.55 bits per heavy atom. The normalized spacial score (nSPS) is 15.6. The van der Waals surface area contributed by atoms with Gasteiger partial charge in [0, 0.05) is 42.3 Å². The second-order valence-electron chi connectivity index (χ2n) is 13.9. The quantitative estimate of drug-likeness (QED) is 0.144. The van der Waals surface area contributed by atoms with E-state index in [-0.39, 0.29) is 11.2 Å². The number of hydrogen-bond donors (Lipinski definition) is 1. The molecule has 1 fully saturated rings. The lowest BCUT2D eigenvalue weighted by Crippen LogP contribution is -2.41. The van der Waals surface area contributed by atoms with Crippen molar-refractivity contribution in [1.82, 2.24) is 19.6 Å². The maximum absolute atomic E-state index is 14.0. The zero-order valence-electron chi connectivity index (χ0n) is 28.2. The molecule has 5 rings (SSSR count). The summed E-state index contributed by atoms with van der Waals surface area (Å²) in [5, 5.41) is 16.2. The SMILES string of the molecule is C=CCCc1cc(F)ccc1Cc1cnc(-c2cc3nc(C)c(C(OC(C)(C)C)C(=O)O)c(N4CCC(C)(CCC=C)CC4)n3n2)s1. The molecular weight excluding hydrogens is 614 g/mol. The highest BCUT2D eigenvalue weighted by molar-refractivity contribution is 7.15. The number of nitrogens with zero attached hydrogens (tertiary/aromatic N) is 5. The van der Waals surface area contributed by atoms with E-state index in [0.29, 0.717) is 34.8 Å². The van der Waals surface area contributed by atoms with Gasteiger partial charge in [0.15, 0.2) is 11.8 Å². The van der Waals surface area contributed by atoms with E-state index in [1.165, 1.54) is 17.4 Å². The number of carboxylic acids is 1. The van der Waals surface area contributed by atoms with Crippen molar-refractivity contribution in [2.45, 2.75) is 91.3 Å². The molecule has 1 atom stereocenters. The number of rotatable bonds is 13. The molecule has 1 aromatic carbocycles. The van der Waals surface area contributed by atoms with Gasteiger partial charge in [0.05, 0.1) is 11.2 Å². The molecule has 250 valence electrons. The third kappa shape index (κ3) is 7.99. The number of thiazole rings is 1. The van der Waals surface area contributed by atoms with E-state index < -0.39 is 17.7 Å². The van der Waals surface area contributed by atoms with E-state index >= 15 is 0 Å². The molecule has 1 unspecified atom stereocenters. The summed E-state index contributed by atoms with van der Waals surface area (Å²) in [7, 11) is 0. The topological polar surface area (TPSA) is 92.8 Å². The van der Waals surface area contributed by atoms with Crippen LogP contribution in [0.4, 0.5) is 10.2 Å². The van der Waals surface area contributed by atoms with Crippen molar-refractivity contribution in [3.8, 4) is 10.7 Å². The van der Waals surface area contributed by atoms with Crippen LogP contribution < -0.4 is 4.90 Å². The molecule has 0 radical (unpaired) electrons. The van der Waals surface area contributed by atoms with E-state index in [1.54, 1.807) is 10.6 Å². The number of carboxylic acid groups (broad SMARTS) is 1. The first-order chi connectivity index (χ1) is 22.3. The summed E-state index contributed by atoms with van der Waals surface area (Å²) in [4.78, 5) is 25.6. The molecule has 0 saturated carbocycles. The van der Waals surface area contributed by atoms with Gasteiger partial charge in [-0.2, -0.15) is 9.61 Å². The zero-order chi connectivity index (χ0) is 33.9. The molecule has 3 aromatic heterocycles. The number of aryl methyl sites for hydroxylation is 2. The lowest BCUT2D eigenvalue weighted by atomic mass is 9.76. The smallest absolute Gasteiger partial charge is 0.337 e. The van der Waals surface area contributed by atoms with E-state index in [9.17, 15) is 14.3 Å². The molecule has 47 heavy (non-hydrogen) atoms. The van der Waals surface area contributed by atoms with Crippen LogP contribution in [-0.4, -0.2) is 49.3 Å². The van der Waals surface area contributed by atoms with Crippen LogP contribution in [0.15, 0.2) is 55.8 Å². The highest BCUT2D eigenvalue weighted by Crippen LogP contribution is 2.41. The molecule has 8 nitrogen and oxygen atoms in total. The summed E-state index contributed by atoms with van der Waals surface area (Å²) < 4.78 is 22.0. The highest BCUT2D eigenvalue weighted by Gasteiger charge is 2.37. The fraction of sp³-hybridized carbons (Fsp3) is 0.459. The van der Waals surface area contributed by atoms with Gasteiger partial charge in [-0.25, -0.2) is 19.2 Å². The van der Waals surface area contributed by atoms with E-state index in [2.05, 4.69) is 25.0 Å². The van der Waals surface area contributed by atoms with Gasteiger partial charge >= 0.3 is 5.97 Å². The summed E-state index contributed by atoms with van der Waals surface area (Å²) in [6.45, 7) is 19.0. The number of fused-ring (bicyclic) bond motifs is 1. The van der Waals surface area contributed by atoms with E-state index in [4.69, 9.17) is 19.8 Å². The van der Waals surface area contributed by atoms with Crippen LogP contribution in [0, 0.1) is 18.2 Å². The summed E-state index contributed by atoms with van der Waals surface area (Å²) in [5.41, 5.74) is 3.92. The maximum atomic E-state index is 14.0. The number of aromatic nitrogens is 4. The van der Waals surface area contributed by atoms with Crippen LogP contribution in [0.2, 0.25) is 0 Å². The molecule has 0 amide bonds. The average molecular weight is 660 g/mol. The first-order valence-corrected chi connectivity index (χ1v) is 17.1. The monoisotopic (exact) mass is 659 g/mol. The highest BCUT2D eigenvalue weighted by atomic mass is 32.1. The largest absolute Gasteiger partial charge is 0.479 e. The lowest BCUT2D eigenvalue weighted by molar-refractivity contribution is -0.160. The van der Waals surface area contributed by atoms with Gasteiger partial charge in [0.25, 0.3) is 0 Å². The third-order valence-electron chi connectivity index (χ3n) is 8.91. The predicted octanol–water partition coefficient (Wildman–Crippen LogP) is 8.52. The molecular formula is C37H46FN5O3S. The second-order valence-corrected chi connectivity index (χ2v) is 15.0. The van der Waals surface area contributed by atoms with Gasteiger partial charge in [0.1, 0.15) is 22.3 Å². The van der Waals surface area contributed by atoms with Gasteiger partial charge in [-0.05, 0) is 94.9 Å². The van der Waals surface area contributed by atoms with Crippen molar-refractivity contribution in [3.05, 3.63) is 88.9 Å². The number of benzene rings is 1. The molecule has 1 aliphatic heterocycles. The molecule has 0 spiro atoms. The van der Waals surface area contributed by atoms with Crippen molar-refractivity contribution in [1.29, 1.82) is 0 Å². The van der Waals surface area contributed by atoms with Gasteiger partial charge in [-0.15, -0.1) is 24.5 Å². The first kappa shape index (κ1) is 34.4. The van der Waals surface area contributed by atoms with Gasteiger partial charge in [-0.3, -0.25) is 0 Å². The van der Waals surface area contributed by atoms with Crippen molar-refractivity contribution < 1.29 is 19.0 Å². The van der Waals surface area contributed by atoms with Crippen molar-refractivity contribution in [2.24, 2.45) is 5.41 Å². The summed E-state index contributed by atoms with van der Waals surface area (Å²) in [6.07, 6.45) is 10.5. The predicted molar refractivity (Wildman–Crippen MR) is 187 cm³/mol. The fourth-order valence-electron chi connectivity index (χ4n) is 6.33. The average Bonchev–Trinajstić information content (AvgIpc) is 3.65. The Bertz CT molecular complexity index is 1760. The number of aliphatic carboxylic acids is 1. The fourth-order valence-corrected chi connectivity index (χ4v) is 7.22. The number of halogens is 1. The van der Waals surface area contributed by atoms with Gasteiger partial charge in [0.2, 0.25) is 0 Å². The Balaban J connectivity index is 1.55. The molecule has 1 aliphatic rings. The summed E-state index contributed by atoms with van der Waals surface area (Å²) >= 11 is 1.54. The second kappa shape index (κ2) is 14.1. The summed E-state index contributed by atoms with van der Waals surface area (Å²) in [5.74, 6) is -0.604. The number of piperidine rings is 1. The minimum absolute atomic E-state index is 0.183. The number of ether oxygens (including phenoxy) is 1. The lowest BCUT2D eigenvalue weighted by Gasteiger charge is -2.41. The number of anilines is 1. The van der Waals surface area contributed by atoms with E-state index in [1.807, 2.05) is 58.2 Å². The Labute approximate surface area is 281 Å². The van der Waals surface area contributed by atoms with Crippen molar-refractivity contribution in [2.75, 3.05) is 18.0 Å². The molecule has 0 bridgehead atoms. The number of hydrogen-bond acceptors (Lipinski definition) is 7. The molecule has 1 N–H and O–H groups in total. The zero-order valence-corrected chi connectivity index (χ0v) is 29.0. The Morgan fingerprint density at radius 2 is 1.89 bits per heavy atom. The van der Waals surface area contributed by atoms with E-state index in [0.717, 1.165) is 72.6 Å².